The van der Waals surface area contributed by atoms with E-state index in [1.807, 2.05) is 0 Å². The molecule has 0 amide bonds. The summed E-state index contributed by atoms with van der Waals surface area (Å²) in [6, 6.07) is 20.4. The topological polar surface area (TPSA) is 6.48 Å². The molecule has 1 atom stereocenters. The zero-order valence-electron chi connectivity index (χ0n) is 14.1. The molecule has 0 saturated carbocycles. The maximum Gasteiger partial charge on any atom is 0.0367 e. The van der Waals surface area contributed by atoms with Gasteiger partial charge in [0, 0.05) is 42.8 Å². The molecule has 1 fully saturated rings. The molecule has 0 bridgehead atoms. The molecule has 1 unspecified atom stereocenters. The van der Waals surface area contributed by atoms with Gasteiger partial charge in [-0.05, 0) is 49.4 Å². The highest BCUT2D eigenvalue weighted by atomic mass is 32.2. The van der Waals surface area contributed by atoms with Gasteiger partial charge in [-0.3, -0.25) is 4.90 Å². The number of hydrogen-bond donors (Lipinski definition) is 0. The van der Waals surface area contributed by atoms with Crippen LogP contribution in [0.3, 0.4) is 0 Å². The molecule has 2 aromatic rings. The highest BCUT2D eigenvalue weighted by Gasteiger charge is 2.21. The number of piperazine rings is 1. The second-order valence-corrected chi connectivity index (χ2v) is 7.14. The lowest BCUT2D eigenvalue weighted by Crippen LogP contribution is -2.50. The molecule has 1 heterocycles. The maximum absolute atomic E-state index is 2.62. The zero-order valence-corrected chi connectivity index (χ0v) is 14.9. The van der Waals surface area contributed by atoms with Crippen LogP contribution in [-0.2, 0) is 6.42 Å². The summed E-state index contributed by atoms with van der Waals surface area (Å²) in [5, 5.41) is 0. The minimum Gasteiger partial charge on any atom is -0.369 e. The minimum atomic E-state index is 0.610. The lowest BCUT2D eigenvalue weighted by atomic mass is 10.1. The monoisotopic (exact) mass is 326 g/mol. The summed E-state index contributed by atoms with van der Waals surface area (Å²) < 4.78 is 0. The lowest BCUT2D eigenvalue weighted by molar-refractivity contribution is 0.196. The second-order valence-electron chi connectivity index (χ2n) is 6.26. The molecule has 1 saturated heterocycles. The molecule has 0 N–H and O–H groups in total. The highest BCUT2D eigenvalue weighted by Crippen LogP contribution is 2.22. The van der Waals surface area contributed by atoms with E-state index in [9.17, 15) is 0 Å². The summed E-state index contributed by atoms with van der Waals surface area (Å²) >= 11 is 1.80. The van der Waals surface area contributed by atoms with Crippen molar-refractivity contribution in [3.8, 4) is 0 Å². The van der Waals surface area contributed by atoms with Gasteiger partial charge in [0.15, 0.2) is 0 Å². The van der Waals surface area contributed by atoms with Gasteiger partial charge in [0.05, 0.1) is 0 Å². The SMILES string of the molecule is CSc1ccc(N2CCN(C(C)Cc3ccccc3)CC2)cc1. The summed E-state index contributed by atoms with van der Waals surface area (Å²) in [5.41, 5.74) is 2.80. The Kier molecular flexibility index (Phi) is 5.63. The molecule has 0 aliphatic carbocycles. The molecule has 1 aliphatic rings. The first-order valence-corrected chi connectivity index (χ1v) is 9.66. The molecule has 2 nitrogen and oxygen atoms in total. The van der Waals surface area contributed by atoms with Gasteiger partial charge < -0.3 is 4.90 Å². The van der Waals surface area contributed by atoms with E-state index in [0.29, 0.717) is 6.04 Å². The fourth-order valence-corrected chi connectivity index (χ4v) is 3.71. The standard InChI is InChI=1S/C20H26N2S/c1-17(16-18-6-4-3-5-7-18)21-12-14-22(15-13-21)19-8-10-20(23-2)11-9-19/h3-11,17H,12-16H2,1-2H3. The number of nitrogens with zero attached hydrogens (tertiary/aromatic N) is 2. The highest BCUT2D eigenvalue weighted by molar-refractivity contribution is 7.98. The van der Waals surface area contributed by atoms with Gasteiger partial charge in [-0.15, -0.1) is 11.8 Å². The van der Waals surface area contributed by atoms with Crippen LogP contribution in [-0.4, -0.2) is 43.4 Å². The van der Waals surface area contributed by atoms with Gasteiger partial charge >= 0.3 is 0 Å². The summed E-state index contributed by atoms with van der Waals surface area (Å²) in [7, 11) is 0. The molecule has 122 valence electrons. The van der Waals surface area contributed by atoms with Crippen LogP contribution in [0.25, 0.3) is 0 Å². The van der Waals surface area contributed by atoms with Crippen molar-refractivity contribution in [3.05, 3.63) is 60.2 Å². The first kappa shape index (κ1) is 16.4. The van der Waals surface area contributed by atoms with Crippen LogP contribution in [0.4, 0.5) is 5.69 Å². The van der Waals surface area contributed by atoms with E-state index >= 15 is 0 Å². The Labute approximate surface area is 144 Å². The van der Waals surface area contributed by atoms with E-state index in [4.69, 9.17) is 0 Å². The average molecular weight is 327 g/mol. The summed E-state index contributed by atoms with van der Waals surface area (Å²) in [5.74, 6) is 0. The predicted molar refractivity (Wildman–Crippen MR) is 102 cm³/mol. The molecule has 0 spiro atoms. The van der Waals surface area contributed by atoms with Crippen LogP contribution in [0.2, 0.25) is 0 Å². The summed E-state index contributed by atoms with van der Waals surface area (Å²) in [6.07, 6.45) is 3.27. The van der Waals surface area contributed by atoms with Crippen molar-refractivity contribution in [2.45, 2.75) is 24.3 Å². The average Bonchev–Trinajstić information content (AvgIpc) is 2.63. The summed E-state index contributed by atoms with van der Waals surface area (Å²) in [4.78, 5) is 6.47. The first-order valence-electron chi connectivity index (χ1n) is 8.43. The molecule has 0 radical (unpaired) electrons. The second kappa shape index (κ2) is 7.89. The first-order chi connectivity index (χ1) is 11.3. The van der Waals surface area contributed by atoms with Crippen molar-refractivity contribution < 1.29 is 0 Å². The molecular formula is C20H26N2S. The van der Waals surface area contributed by atoms with Crippen molar-refractivity contribution >= 4 is 17.4 Å². The molecule has 3 rings (SSSR count). The van der Waals surface area contributed by atoms with Gasteiger partial charge in [-0.25, -0.2) is 0 Å². The van der Waals surface area contributed by atoms with E-state index < -0.39 is 0 Å². The smallest absolute Gasteiger partial charge is 0.0367 e. The Hall–Kier alpha value is -1.45. The number of hydrogen-bond acceptors (Lipinski definition) is 3. The van der Waals surface area contributed by atoms with Crippen LogP contribution >= 0.6 is 11.8 Å². The fourth-order valence-electron chi connectivity index (χ4n) is 3.30. The van der Waals surface area contributed by atoms with Crippen molar-refractivity contribution in [1.29, 1.82) is 0 Å². The molecule has 3 heteroatoms. The number of anilines is 1. The normalized spacial score (nSPS) is 17.2. The van der Waals surface area contributed by atoms with Crippen LogP contribution in [0.5, 0.6) is 0 Å². The van der Waals surface area contributed by atoms with Crippen molar-refractivity contribution in [1.82, 2.24) is 4.90 Å². The minimum absolute atomic E-state index is 0.610. The Morgan fingerprint density at radius 3 is 2.17 bits per heavy atom. The molecule has 2 aromatic carbocycles. The fraction of sp³-hybridized carbons (Fsp3) is 0.400. The van der Waals surface area contributed by atoms with Gasteiger partial charge in [-0.1, -0.05) is 30.3 Å². The van der Waals surface area contributed by atoms with Crippen LogP contribution in [0.15, 0.2) is 59.5 Å². The maximum atomic E-state index is 2.62. The lowest BCUT2D eigenvalue weighted by Gasteiger charge is -2.39. The van der Waals surface area contributed by atoms with Gasteiger partial charge in [0.2, 0.25) is 0 Å². The third-order valence-electron chi connectivity index (χ3n) is 4.75. The van der Waals surface area contributed by atoms with Gasteiger partial charge in [0.25, 0.3) is 0 Å². The quantitative estimate of drug-likeness (QED) is 0.762. The van der Waals surface area contributed by atoms with Crippen molar-refractivity contribution in [2.75, 3.05) is 37.3 Å². The zero-order chi connectivity index (χ0) is 16.1. The van der Waals surface area contributed by atoms with Gasteiger partial charge in [0.1, 0.15) is 0 Å². The Morgan fingerprint density at radius 2 is 1.57 bits per heavy atom. The van der Waals surface area contributed by atoms with Crippen LogP contribution in [0.1, 0.15) is 12.5 Å². The van der Waals surface area contributed by atoms with Crippen molar-refractivity contribution in [2.24, 2.45) is 0 Å². The van der Waals surface area contributed by atoms with Crippen LogP contribution < -0.4 is 4.90 Å². The summed E-state index contributed by atoms with van der Waals surface area (Å²) in [6.45, 7) is 6.90. The van der Waals surface area contributed by atoms with E-state index in [-0.39, 0.29) is 0 Å². The largest absolute Gasteiger partial charge is 0.369 e. The Morgan fingerprint density at radius 1 is 0.913 bits per heavy atom. The third kappa shape index (κ3) is 4.30. The Bertz CT molecular complexity index is 589. The third-order valence-corrected chi connectivity index (χ3v) is 5.49. The molecule has 1 aliphatic heterocycles. The van der Waals surface area contributed by atoms with E-state index in [0.717, 1.165) is 32.6 Å². The van der Waals surface area contributed by atoms with Crippen LogP contribution in [0, 0.1) is 0 Å². The number of benzene rings is 2. The van der Waals surface area contributed by atoms with Crippen molar-refractivity contribution in [3.63, 3.8) is 0 Å². The predicted octanol–water partition coefficient (Wildman–Crippen LogP) is 4.16. The van der Waals surface area contributed by atoms with E-state index in [1.54, 1.807) is 11.8 Å². The van der Waals surface area contributed by atoms with Gasteiger partial charge in [-0.2, -0.15) is 0 Å². The molecular weight excluding hydrogens is 300 g/mol. The Balaban J connectivity index is 1.53. The van der Waals surface area contributed by atoms with E-state index in [2.05, 4.69) is 77.6 Å². The molecule has 23 heavy (non-hydrogen) atoms. The van der Waals surface area contributed by atoms with E-state index in [1.165, 1.54) is 16.1 Å². The number of thioether (sulfide) groups is 1. The molecule has 0 aromatic heterocycles. The number of rotatable bonds is 5.